The molecule has 4 fully saturated rings. The van der Waals surface area contributed by atoms with Crippen molar-refractivity contribution < 1.29 is 27.6 Å². The predicted octanol–water partition coefficient (Wildman–Crippen LogP) is 5.26. The third kappa shape index (κ3) is 5.50. The molecule has 10 nitrogen and oxygen atoms in total. The Bertz CT molecular complexity index is 2080. The Morgan fingerprint density at radius 2 is 1.73 bits per heavy atom. The number of hydrogen-bond donors (Lipinski definition) is 3. The molecule has 9 rings (SSSR count). The van der Waals surface area contributed by atoms with Crippen LogP contribution in [-0.2, 0) is 22.4 Å². The summed E-state index contributed by atoms with van der Waals surface area (Å²) in [4.78, 5) is 47.1. The molecule has 4 aromatic rings. The molecule has 3 amide bonds. The molecule has 3 N–H and O–H groups in total. The zero-order valence-electron chi connectivity index (χ0n) is 29.1. The van der Waals surface area contributed by atoms with Gasteiger partial charge in [-0.25, -0.2) is 13.2 Å². The van der Waals surface area contributed by atoms with E-state index in [-0.39, 0.29) is 42.0 Å². The minimum Gasteiger partial charge on any atom is -0.372 e. The number of aromatic amines is 2. The second-order valence-electron chi connectivity index (χ2n) is 15.7. The van der Waals surface area contributed by atoms with Crippen LogP contribution in [0.3, 0.4) is 0 Å². The minimum absolute atomic E-state index is 0.0179. The Hall–Kier alpha value is -4.65. The quantitative estimate of drug-likeness (QED) is 0.235. The Kier molecular flexibility index (Phi) is 7.80. The number of aromatic nitrogens is 3. The first-order chi connectivity index (χ1) is 25.0. The van der Waals surface area contributed by atoms with Gasteiger partial charge in [0.2, 0.25) is 11.8 Å². The average Bonchev–Trinajstić information content (AvgIpc) is 3.50. The van der Waals surface area contributed by atoms with E-state index in [0.717, 1.165) is 68.1 Å². The fraction of sp³-hybridized carbons (Fsp3) is 0.487. The van der Waals surface area contributed by atoms with Crippen molar-refractivity contribution in [2.24, 2.45) is 17.3 Å². The molecule has 13 heteroatoms. The molecule has 0 spiro atoms. The highest BCUT2D eigenvalue weighted by atomic mass is 19.3. The summed E-state index contributed by atoms with van der Waals surface area (Å²) in [6, 6.07) is 12.8. The first-order valence-electron chi connectivity index (χ1n) is 18.5. The first-order valence-corrected chi connectivity index (χ1v) is 18.5. The number of piperidine rings is 2. The van der Waals surface area contributed by atoms with E-state index in [1.54, 1.807) is 24.0 Å². The minimum atomic E-state index is -2.69. The molecule has 0 radical (unpaired) electrons. The summed E-state index contributed by atoms with van der Waals surface area (Å²) in [6.45, 7) is 6.99. The number of benzene rings is 2. The van der Waals surface area contributed by atoms with Crippen LogP contribution in [0.25, 0.3) is 22.3 Å². The maximum atomic E-state index is 15.4. The van der Waals surface area contributed by atoms with E-state index in [0.29, 0.717) is 54.1 Å². The first kappa shape index (κ1) is 33.2. The van der Waals surface area contributed by atoms with Gasteiger partial charge in [-0.3, -0.25) is 29.7 Å². The van der Waals surface area contributed by atoms with Crippen LogP contribution in [0.15, 0.2) is 42.5 Å². The molecule has 5 aliphatic rings. The highest BCUT2D eigenvalue weighted by molar-refractivity contribution is 6.01. The van der Waals surface area contributed by atoms with Crippen LogP contribution in [-0.4, -0.2) is 94.4 Å². The lowest BCUT2D eigenvalue weighted by molar-refractivity contribution is -0.134. The SMILES string of the molecule is CC12Cc3[nH]nc(-c4cc5cc(F)c(C(=O)N6CCN(CC7CCN(c8ccc(C9CCC(=O)NC9=O)cc8)CC7)CC6)cc5[nH]4)c3CC1C2(F)F. The fourth-order valence-electron chi connectivity index (χ4n) is 9.25. The highest BCUT2D eigenvalue weighted by Gasteiger charge is 2.78. The van der Waals surface area contributed by atoms with Gasteiger partial charge in [-0.2, -0.15) is 5.10 Å². The van der Waals surface area contributed by atoms with Gasteiger partial charge in [0.1, 0.15) is 11.5 Å². The van der Waals surface area contributed by atoms with Gasteiger partial charge in [0, 0.05) is 97.8 Å². The van der Waals surface area contributed by atoms with Crippen molar-refractivity contribution >= 4 is 34.3 Å². The van der Waals surface area contributed by atoms with Gasteiger partial charge in [-0.05, 0) is 67.5 Å². The van der Waals surface area contributed by atoms with Gasteiger partial charge < -0.3 is 14.8 Å². The van der Waals surface area contributed by atoms with Gasteiger partial charge >= 0.3 is 0 Å². The Morgan fingerprint density at radius 1 is 0.981 bits per heavy atom. The number of hydrogen-bond acceptors (Lipinski definition) is 6. The molecule has 272 valence electrons. The molecule has 3 atom stereocenters. The highest BCUT2D eigenvalue weighted by Crippen LogP contribution is 2.70. The van der Waals surface area contributed by atoms with Crippen LogP contribution in [0.2, 0.25) is 0 Å². The number of halogens is 3. The molecule has 3 saturated heterocycles. The van der Waals surface area contributed by atoms with Crippen LogP contribution in [0.4, 0.5) is 18.9 Å². The van der Waals surface area contributed by atoms with Gasteiger partial charge in [0.15, 0.2) is 0 Å². The van der Waals surface area contributed by atoms with E-state index < -0.39 is 23.1 Å². The number of amides is 3. The summed E-state index contributed by atoms with van der Waals surface area (Å²) < 4.78 is 44.3. The molecule has 0 bridgehead atoms. The number of carbonyl (C=O) groups is 3. The van der Waals surface area contributed by atoms with Gasteiger partial charge in [-0.1, -0.05) is 19.1 Å². The summed E-state index contributed by atoms with van der Waals surface area (Å²) in [5.41, 5.74) is 4.38. The lowest BCUT2D eigenvalue weighted by Gasteiger charge is -2.39. The summed E-state index contributed by atoms with van der Waals surface area (Å²) in [7, 11) is 0. The van der Waals surface area contributed by atoms with Crippen molar-refractivity contribution in [1.29, 1.82) is 0 Å². The van der Waals surface area contributed by atoms with Crippen molar-refractivity contribution in [2.75, 3.05) is 50.7 Å². The molecule has 52 heavy (non-hydrogen) atoms. The maximum absolute atomic E-state index is 15.4. The Balaban J connectivity index is 0.782. The number of rotatable bonds is 6. The summed E-state index contributed by atoms with van der Waals surface area (Å²) in [5.74, 6) is -4.46. The van der Waals surface area contributed by atoms with Crippen molar-refractivity contribution in [3.8, 4) is 11.4 Å². The molecule has 3 unspecified atom stereocenters. The van der Waals surface area contributed by atoms with Crippen LogP contribution in [0.5, 0.6) is 0 Å². The molecule has 2 aromatic carbocycles. The lowest BCUT2D eigenvalue weighted by Crippen LogP contribution is -2.50. The van der Waals surface area contributed by atoms with Gasteiger partial charge in [0.25, 0.3) is 11.8 Å². The van der Waals surface area contributed by atoms with Gasteiger partial charge in [0.05, 0.1) is 17.2 Å². The molecular weight excluding hydrogens is 671 g/mol. The van der Waals surface area contributed by atoms with Crippen molar-refractivity contribution in [1.82, 2.24) is 30.3 Å². The number of alkyl halides is 2. The van der Waals surface area contributed by atoms with E-state index in [1.807, 2.05) is 12.1 Å². The Morgan fingerprint density at radius 3 is 2.46 bits per heavy atom. The van der Waals surface area contributed by atoms with Crippen molar-refractivity contribution in [3.63, 3.8) is 0 Å². The number of nitrogens with one attached hydrogen (secondary N) is 3. The molecule has 5 heterocycles. The summed E-state index contributed by atoms with van der Waals surface area (Å²) in [5, 5.41) is 10.4. The van der Waals surface area contributed by atoms with Gasteiger partial charge in [-0.15, -0.1) is 0 Å². The summed E-state index contributed by atoms with van der Waals surface area (Å²) >= 11 is 0. The topological polar surface area (TPSA) is 117 Å². The van der Waals surface area contributed by atoms with E-state index in [4.69, 9.17) is 0 Å². The van der Waals surface area contributed by atoms with Crippen LogP contribution in [0, 0.1) is 23.1 Å². The van der Waals surface area contributed by atoms with Crippen molar-refractivity contribution in [2.45, 2.75) is 57.3 Å². The van der Waals surface area contributed by atoms with Crippen LogP contribution in [0.1, 0.15) is 65.7 Å². The lowest BCUT2D eigenvalue weighted by atomic mass is 9.87. The molecule has 2 aliphatic carbocycles. The third-order valence-electron chi connectivity index (χ3n) is 12.7. The van der Waals surface area contributed by atoms with E-state index in [9.17, 15) is 23.2 Å². The third-order valence-corrected chi connectivity index (χ3v) is 12.7. The number of piperazine rings is 1. The monoisotopic (exact) mass is 713 g/mol. The zero-order chi connectivity index (χ0) is 35.9. The van der Waals surface area contributed by atoms with Crippen LogP contribution < -0.4 is 10.2 Å². The average molecular weight is 714 g/mol. The molecule has 2 aromatic heterocycles. The Labute approximate surface area is 299 Å². The number of nitrogens with zero attached hydrogens (tertiary/aromatic N) is 4. The van der Waals surface area contributed by atoms with E-state index in [1.165, 1.54) is 6.07 Å². The zero-order valence-corrected chi connectivity index (χ0v) is 29.1. The second-order valence-corrected chi connectivity index (χ2v) is 15.7. The number of anilines is 1. The normalized spacial score (nSPS) is 26.3. The standard InChI is InChI=1S/C39H42F3N7O3/c1-38-20-32-28(19-33(38)39(38,41)42)35(46-45-32)31-17-24-16-29(40)27(18-30(24)43-31)37(52)49-14-12-47(13-15-49)21-22-8-10-48(11-9-22)25-4-2-23(3-5-25)26-6-7-34(50)44-36(26)51/h2-5,16-18,22,26,33,43H,6-15,19-21H2,1H3,(H,45,46)(H,44,50,51). The molecule has 1 saturated carbocycles. The second kappa shape index (κ2) is 12.2. The van der Waals surface area contributed by atoms with E-state index in [2.05, 4.69) is 42.4 Å². The molecule has 3 aliphatic heterocycles. The maximum Gasteiger partial charge on any atom is 0.258 e. The number of H-pyrrole nitrogens is 2. The molecular formula is C39H42F3N7O3. The predicted molar refractivity (Wildman–Crippen MR) is 189 cm³/mol. The number of carbonyl (C=O) groups excluding carboxylic acids is 3. The number of fused-ring (bicyclic) bond motifs is 3. The number of imide groups is 1. The fourth-order valence-corrected chi connectivity index (χ4v) is 9.25. The summed E-state index contributed by atoms with van der Waals surface area (Å²) in [6.07, 6.45) is 3.53. The van der Waals surface area contributed by atoms with Crippen LogP contribution >= 0.6 is 0 Å². The smallest absolute Gasteiger partial charge is 0.258 e. The largest absolute Gasteiger partial charge is 0.372 e. The van der Waals surface area contributed by atoms with Crippen molar-refractivity contribution in [3.05, 3.63) is 70.7 Å². The van der Waals surface area contributed by atoms with E-state index >= 15 is 4.39 Å².